The molecule has 5 heteroatoms. The second kappa shape index (κ2) is 6.55. The van der Waals surface area contributed by atoms with Crippen molar-refractivity contribution in [2.45, 2.75) is 57.7 Å². The molecule has 2 amide bonds. The second-order valence-electron chi connectivity index (χ2n) is 5.93. The summed E-state index contributed by atoms with van der Waals surface area (Å²) in [6, 6.07) is 0.319. The van der Waals surface area contributed by atoms with E-state index >= 15 is 0 Å². The number of amides is 2. The van der Waals surface area contributed by atoms with Crippen LogP contribution in [-0.4, -0.2) is 44.8 Å². The van der Waals surface area contributed by atoms with Gasteiger partial charge in [-0.2, -0.15) is 0 Å². The minimum Gasteiger partial charge on any atom is -0.337 e. The van der Waals surface area contributed by atoms with Gasteiger partial charge in [0.25, 0.3) is 0 Å². The Morgan fingerprint density at radius 1 is 1.39 bits per heavy atom. The van der Waals surface area contributed by atoms with Gasteiger partial charge >= 0.3 is 6.03 Å². The molecule has 0 bridgehead atoms. The van der Waals surface area contributed by atoms with Crippen LogP contribution in [0.1, 0.15) is 47.0 Å². The molecular weight excluding hydrogens is 248 g/mol. The number of carbonyl (C=O) groups excluding carboxylic acids is 1. The summed E-state index contributed by atoms with van der Waals surface area (Å²) in [5.41, 5.74) is 0. The predicted molar refractivity (Wildman–Crippen MR) is 76.2 cm³/mol. The first-order valence-electron chi connectivity index (χ1n) is 6.75. The van der Waals surface area contributed by atoms with Crippen LogP contribution in [0.5, 0.6) is 0 Å². The van der Waals surface area contributed by atoms with E-state index in [4.69, 9.17) is 0 Å². The van der Waals surface area contributed by atoms with E-state index in [9.17, 15) is 9.00 Å². The Morgan fingerprint density at radius 3 is 2.61 bits per heavy atom. The monoisotopic (exact) mass is 274 g/mol. The van der Waals surface area contributed by atoms with Crippen LogP contribution < -0.4 is 5.32 Å². The number of carbonyl (C=O) groups is 1. The summed E-state index contributed by atoms with van der Waals surface area (Å²) >= 11 is 0. The highest BCUT2D eigenvalue weighted by Crippen LogP contribution is 2.16. The number of hydrogen-bond acceptors (Lipinski definition) is 2. The van der Waals surface area contributed by atoms with E-state index in [2.05, 4.69) is 12.2 Å². The molecule has 0 radical (unpaired) electrons. The van der Waals surface area contributed by atoms with Crippen molar-refractivity contribution in [2.75, 3.05) is 18.8 Å². The summed E-state index contributed by atoms with van der Waals surface area (Å²) in [4.78, 5) is 13.8. The third-order valence-corrected chi connectivity index (χ3v) is 5.25. The molecule has 2 atom stereocenters. The maximum absolute atomic E-state index is 12.0. The molecule has 0 spiro atoms. The zero-order chi connectivity index (χ0) is 13.8. The van der Waals surface area contributed by atoms with E-state index in [0.29, 0.717) is 18.3 Å². The Kier molecular flexibility index (Phi) is 5.63. The summed E-state index contributed by atoms with van der Waals surface area (Å²) in [7, 11) is -0.901. The van der Waals surface area contributed by atoms with Gasteiger partial charge in [-0.3, -0.25) is 4.21 Å². The third kappa shape index (κ3) is 4.59. The highest BCUT2D eigenvalue weighted by Gasteiger charge is 2.23. The first kappa shape index (κ1) is 15.5. The molecular formula is C13H26N2O2S. The normalized spacial score (nSPS) is 22.7. The molecule has 106 valence electrons. The average Bonchev–Trinajstić information content (AvgIpc) is 2.28. The van der Waals surface area contributed by atoms with Crippen molar-refractivity contribution in [3.63, 3.8) is 0 Å². The number of nitrogens with one attached hydrogen (secondary N) is 1. The van der Waals surface area contributed by atoms with Crippen LogP contribution in [0.3, 0.4) is 0 Å². The topological polar surface area (TPSA) is 49.4 Å². The maximum atomic E-state index is 12.0. The quantitative estimate of drug-likeness (QED) is 0.857. The molecule has 0 aromatic heterocycles. The zero-order valence-electron chi connectivity index (χ0n) is 12.0. The van der Waals surface area contributed by atoms with E-state index in [1.807, 2.05) is 25.7 Å². The molecule has 0 aromatic carbocycles. The number of likely N-dealkylation sites (tertiary alicyclic amines) is 1. The molecule has 1 fully saturated rings. The molecule has 1 aliphatic heterocycles. The van der Waals surface area contributed by atoms with Gasteiger partial charge in [0.05, 0.1) is 0 Å². The number of nitrogens with zero attached hydrogens (tertiary/aromatic N) is 1. The van der Waals surface area contributed by atoms with Crippen molar-refractivity contribution >= 4 is 16.8 Å². The van der Waals surface area contributed by atoms with Gasteiger partial charge < -0.3 is 10.2 Å². The predicted octanol–water partition coefficient (Wildman–Crippen LogP) is 2.12. The molecule has 0 aliphatic carbocycles. The second-order valence-corrected chi connectivity index (χ2v) is 8.26. The molecule has 4 nitrogen and oxygen atoms in total. The Bertz CT molecular complexity index is 313. The van der Waals surface area contributed by atoms with Gasteiger partial charge in [0, 0.05) is 40.4 Å². The Labute approximate surface area is 113 Å². The van der Waals surface area contributed by atoms with Crippen molar-refractivity contribution < 1.29 is 9.00 Å². The zero-order valence-corrected chi connectivity index (χ0v) is 12.8. The highest BCUT2D eigenvalue weighted by atomic mass is 32.2. The van der Waals surface area contributed by atoms with E-state index < -0.39 is 10.8 Å². The SMILES string of the molecule is C[C@H]1CCCCN1C(=O)NCC[S@@](=O)C(C)(C)C. The number of hydrogen-bond donors (Lipinski definition) is 1. The number of rotatable bonds is 3. The molecule has 1 N–H and O–H groups in total. The van der Waals surface area contributed by atoms with Gasteiger partial charge in [-0.05, 0) is 47.0 Å². The lowest BCUT2D eigenvalue weighted by molar-refractivity contribution is 0.159. The summed E-state index contributed by atoms with van der Waals surface area (Å²) in [6.45, 7) is 9.29. The molecule has 0 aromatic rings. The largest absolute Gasteiger partial charge is 0.337 e. The van der Waals surface area contributed by atoms with Crippen LogP contribution in [-0.2, 0) is 10.8 Å². The van der Waals surface area contributed by atoms with Gasteiger partial charge in [0.1, 0.15) is 0 Å². The smallest absolute Gasteiger partial charge is 0.317 e. The van der Waals surface area contributed by atoms with Crippen molar-refractivity contribution in [2.24, 2.45) is 0 Å². The fourth-order valence-electron chi connectivity index (χ4n) is 2.06. The van der Waals surface area contributed by atoms with Gasteiger partial charge in [0.15, 0.2) is 0 Å². The van der Waals surface area contributed by atoms with Crippen LogP contribution in [0.15, 0.2) is 0 Å². The van der Waals surface area contributed by atoms with E-state index in [0.717, 1.165) is 19.4 Å². The number of urea groups is 1. The fraction of sp³-hybridized carbons (Fsp3) is 0.923. The lowest BCUT2D eigenvalue weighted by Crippen LogP contribution is -2.48. The van der Waals surface area contributed by atoms with Crippen molar-refractivity contribution in [3.8, 4) is 0 Å². The maximum Gasteiger partial charge on any atom is 0.317 e. The molecule has 1 rings (SSSR count). The summed E-state index contributed by atoms with van der Waals surface area (Å²) in [6.07, 6.45) is 3.38. The van der Waals surface area contributed by atoms with Crippen molar-refractivity contribution in [1.82, 2.24) is 10.2 Å². The molecule has 1 aliphatic rings. The minimum absolute atomic E-state index is 0.00638. The standard InChI is InChI=1S/C13H26N2O2S/c1-11-7-5-6-9-15(11)12(16)14-8-10-18(17)13(2,3)4/h11H,5-10H2,1-4H3,(H,14,16)/t11-,18+/m0/s1. The van der Waals surface area contributed by atoms with Crippen LogP contribution >= 0.6 is 0 Å². The minimum atomic E-state index is -0.901. The summed E-state index contributed by atoms with van der Waals surface area (Å²) < 4.78 is 11.6. The average molecular weight is 274 g/mol. The summed E-state index contributed by atoms with van der Waals surface area (Å²) in [5, 5.41) is 2.88. The molecule has 1 heterocycles. The van der Waals surface area contributed by atoms with Crippen molar-refractivity contribution in [3.05, 3.63) is 0 Å². The Morgan fingerprint density at radius 2 is 2.06 bits per heavy atom. The first-order valence-corrected chi connectivity index (χ1v) is 8.07. The molecule has 18 heavy (non-hydrogen) atoms. The Balaban J connectivity index is 2.31. The van der Waals surface area contributed by atoms with Gasteiger partial charge in [-0.1, -0.05) is 0 Å². The van der Waals surface area contributed by atoms with Crippen molar-refractivity contribution in [1.29, 1.82) is 0 Å². The first-order chi connectivity index (χ1) is 8.32. The van der Waals surface area contributed by atoms with E-state index in [1.54, 1.807) is 0 Å². The van der Waals surface area contributed by atoms with Crippen LogP contribution in [0.2, 0.25) is 0 Å². The van der Waals surface area contributed by atoms with E-state index in [1.165, 1.54) is 6.42 Å². The molecule has 0 unspecified atom stereocenters. The fourth-order valence-corrected chi connectivity index (χ4v) is 2.96. The third-order valence-electron chi connectivity index (χ3n) is 3.31. The van der Waals surface area contributed by atoms with E-state index in [-0.39, 0.29) is 10.8 Å². The van der Waals surface area contributed by atoms with Crippen LogP contribution in [0.25, 0.3) is 0 Å². The Hall–Kier alpha value is -0.580. The number of piperidine rings is 1. The lowest BCUT2D eigenvalue weighted by atomic mass is 10.0. The molecule has 0 saturated carbocycles. The van der Waals surface area contributed by atoms with Crippen LogP contribution in [0, 0.1) is 0 Å². The summed E-state index contributed by atoms with van der Waals surface area (Å²) in [5.74, 6) is 0.525. The van der Waals surface area contributed by atoms with Gasteiger partial charge in [-0.25, -0.2) is 4.79 Å². The highest BCUT2D eigenvalue weighted by molar-refractivity contribution is 7.86. The van der Waals surface area contributed by atoms with Crippen LogP contribution in [0.4, 0.5) is 4.79 Å². The van der Waals surface area contributed by atoms with Gasteiger partial charge in [-0.15, -0.1) is 0 Å². The van der Waals surface area contributed by atoms with Gasteiger partial charge in [0.2, 0.25) is 0 Å². The lowest BCUT2D eigenvalue weighted by Gasteiger charge is -2.33. The molecule has 1 saturated heterocycles.